The van der Waals surface area contributed by atoms with E-state index in [0.29, 0.717) is 17.7 Å². The number of halogens is 1. The van der Waals surface area contributed by atoms with Crippen molar-refractivity contribution in [3.05, 3.63) is 51.5 Å². The van der Waals surface area contributed by atoms with Gasteiger partial charge in [-0.15, -0.1) is 11.3 Å². The highest BCUT2D eigenvalue weighted by molar-refractivity contribution is 7.12. The minimum Gasteiger partial charge on any atom is -0.494 e. The van der Waals surface area contributed by atoms with E-state index in [1.54, 1.807) is 17.4 Å². The predicted molar refractivity (Wildman–Crippen MR) is 77.5 cm³/mol. The molecule has 1 heterocycles. The monoisotopic (exact) mass is 279 g/mol. The second-order valence-corrected chi connectivity index (χ2v) is 5.75. The van der Waals surface area contributed by atoms with E-state index >= 15 is 0 Å². The van der Waals surface area contributed by atoms with Crippen molar-refractivity contribution < 1.29 is 9.13 Å². The summed E-state index contributed by atoms with van der Waals surface area (Å²) in [6.45, 7) is 2.08. The largest absolute Gasteiger partial charge is 0.494 e. The number of hydrogen-bond donors (Lipinski definition) is 1. The first-order valence-electron chi connectivity index (χ1n) is 6.20. The fourth-order valence-electron chi connectivity index (χ4n) is 2.08. The lowest BCUT2D eigenvalue weighted by Gasteiger charge is -2.16. The lowest BCUT2D eigenvalue weighted by atomic mass is 10.0. The highest BCUT2D eigenvalue weighted by Gasteiger charge is 2.16. The second kappa shape index (κ2) is 6.17. The van der Waals surface area contributed by atoms with Crippen LogP contribution in [-0.2, 0) is 6.42 Å². The molecule has 2 aromatic rings. The van der Waals surface area contributed by atoms with Gasteiger partial charge in [0.1, 0.15) is 0 Å². The van der Waals surface area contributed by atoms with Crippen LogP contribution in [0.15, 0.2) is 30.3 Å². The van der Waals surface area contributed by atoms with Crippen molar-refractivity contribution >= 4 is 11.3 Å². The molecule has 2 rings (SSSR count). The Hall–Kier alpha value is -1.39. The van der Waals surface area contributed by atoms with Gasteiger partial charge in [-0.05, 0) is 44.2 Å². The van der Waals surface area contributed by atoms with Gasteiger partial charge < -0.3 is 10.1 Å². The fourth-order valence-corrected chi connectivity index (χ4v) is 3.06. The molecule has 0 fully saturated rings. The van der Waals surface area contributed by atoms with Gasteiger partial charge in [0.05, 0.1) is 7.11 Å². The number of nitrogens with one attached hydrogen (secondary N) is 1. The van der Waals surface area contributed by atoms with E-state index in [1.165, 1.54) is 16.9 Å². The molecule has 0 saturated heterocycles. The van der Waals surface area contributed by atoms with Crippen LogP contribution in [0, 0.1) is 12.7 Å². The van der Waals surface area contributed by atoms with Crippen molar-refractivity contribution in [3.63, 3.8) is 0 Å². The van der Waals surface area contributed by atoms with Gasteiger partial charge >= 0.3 is 0 Å². The molecule has 0 aliphatic carbocycles. The molecular weight excluding hydrogens is 261 g/mol. The minimum atomic E-state index is -0.265. The third kappa shape index (κ3) is 3.14. The Morgan fingerprint density at radius 1 is 1.32 bits per heavy atom. The summed E-state index contributed by atoms with van der Waals surface area (Å²) >= 11 is 1.74. The molecular formula is C15H18FNOS. The van der Waals surface area contributed by atoms with Crippen LogP contribution in [0.2, 0.25) is 0 Å². The number of benzene rings is 1. The number of thiophene rings is 1. The van der Waals surface area contributed by atoms with E-state index in [9.17, 15) is 4.39 Å². The van der Waals surface area contributed by atoms with Gasteiger partial charge in [-0.1, -0.05) is 12.1 Å². The zero-order chi connectivity index (χ0) is 13.8. The first-order valence-corrected chi connectivity index (χ1v) is 7.02. The summed E-state index contributed by atoms with van der Waals surface area (Å²) in [5.41, 5.74) is 0.671. The number of likely N-dealkylation sites (N-methyl/N-ethyl adjacent to an activating group) is 1. The molecule has 0 saturated carbocycles. The smallest absolute Gasteiger partial charge is 0.168 e. The molecule has 1 atom stereocenters. The molecule has 19 heavy (non-hydrogen) atoms. The molecule has 0 amide bonds. The van der Waals surface area contributed by atoms with E-state index in [0.717, 1.165) is 0 Å². The van der Waals surface area contributed by atoms with Crippen molar-refractivity contribution in [1.29, 1.82) is 0 Å². The minimum absolute atomic E-state index is 0.125. The van der Waals surface area contributed by atoms with Gasteiger partial charge in [-0.2, -0.15) is 0 Å². The number of hydrogen-bond acceptors (Lipinski definition) is 3. The number of rotatable bonds is 5. The summed E-state index contributed by atoms with van der Waals surface area (Å²) < 4.78 is 19.2. The molecule has 1 aromatic carbocycles. The summed E-state index contributed by atoms with van der Waals surface area (Å²) in [6, 6.07) is 9.58. The van der Waals surface area contributed by atoms with E-state index in [2.05, 4.69) is 24.4 Å². The lowest BCUT2D eigenvalue weighted by molar-refractivity contribution is 0.383. The van der Waals surface area contributed by atoms with Crippen molar-refractivity contribution in [2.45, 2.75) is 19.4 Å². The summed E-state index contributed by atoms with van der Waals surface area (Å²) in [6.07, 6.45) is 0.611. The normalized spacial score (nSPS) is 12.4. The lowest BCUT2D eigenvalue weighted by Crippen LogP contribution is -2.18. The standard InChI is InChI=1S/C15H18FNOS/c1-10-7-8-14(19-10)12(17-2)9-11-5-4-6-13(18-3)15(11)16/h4-8,12,17H,9H2,1-3H3. The Balaban J connectivity index is 2.23. The van der Waals surface area contributed by atoms with Crippen LogP contribution in [0.3, 0.4) is 0 Å². The predicted octanol–water partition coefficient (Wildman–Crippen LogP) is 3.71. The second-order valence-electron chi connectivity index (χ2n) is 4.43. The molecule has 1 aromatic heterocycles. The van der Waals surface area contributed by atoms with Gasteiger partial charge in [0.25, 0.3) is 0 Å². The van der Waals surface area contributed by atoms with Crippen molar-refractivity contribution in [1.82, 2.24) is 5.32 Å². The summed E-state index contributed by atoms with van der Waals surface area (Å²) in [5.74, 6) is 0.0354. The van der Waals surface area contributed by atoms with Crippen molar-refractivity contribution in [2.75, 3.05) is 14.2 Å². The molecule has 2 nitrogen and oxygen atoms in total. The van der Waals surface area contributed by atoms with Crippen LogP contribution < -0.4 is 10.1 Å². The van der Waals surface area contributed by atoms with Crippen molar-refractivity contribution in [3.8, 4) is 5.75 Å². The van der Waals surface area contributed by atoms with Crippen LogP contribution in [0.4, 0.5) is 4.39 Å². The first kappa shape index (κ1) is 14.0. The van der Waals surface area contributed by atoms with Crippen LogP contribution in [-0.4, -0.2) is 14.2 Å². The maximum atomic E-state index is 14.1. The van der Waals surface area contributed by atoms with Gasteiger partial charge in [0, 0.05) is 15.8 Å². The fraction of sp³-hybridized carbons (Fsp3) is 0.333. The SMILES string of the molecule is CNC(Cc1cccc(OC)c1F)c1ccc(C)s1. The molecule has 0 aliphatic heterocycles. The molecule has 0 radical (unpaired) electrons. The maximum Gasteiger partial charge on any atom is 0.168 e. The van der Waals surface area contributed by atoms with E-state index in [4.69, 9.17) is 4.74 Å². The Labute approximate surface area is 117 Å². The topological polar surface area (TPSA) is 21.3 Å². The maximum absolute atomic E-state index is 14.1. The van der Waals surface area contributed by atoms with Gasteiger partial charge in [0.15, 0.2) is 11.6 Å². The average molecular weight is 279 g/mol. The zero-order valence-corrected chi connectivity index (χ0v) is 12.2. The highest BCUT2D eigenvalue weighted by atomic mass is 32.1. The molecule has 0 bridgehead atoms. The summed E-state index contributed by atoms with van der Waals surface area (Å²) in [4.78, 5) is 2.49. The summed E-state index contributed by atoms with van der Waals surface area (Å²) in [7, 11) is 3.39. The molecule has 0 aliphatic rings. The van der Waals surface area contributed by atoms with Crippen LogP contribution in [0.25, 0.3) is 0 Å². The quantitative estimate of drug-likeness (QED) is 0.901. The number of aryl methyl sites for hydroxylation is 1. The Morgan fingerprint density at radius 2 is 2.11 bits per heavy atom. The number of ether oxygens (including phenoxy) is 1. The van der Waals surface area contributed by atoms with Gasteiger partial charge in [-0.25, -0.2) is 4.39 Å². The van der Waals surface area contributed by atoms with Crippen molar-refractivity contribution in [2.24, 2.45) is 0 Å². The Bertz CT molecular complexity index is 553. The van der Waals surface area contributed by atoms with E-state index in [-0.39, 0.29) is 11.9 Å². The van der Waals surface area contributed by atoms with Crippen LogP contribution >= 0.6 is 11.3 Å². The van der Waals surface area contributed by atoms with Gasteiger partial charge in [0.2, 0.25) is 0 Å². The zero-order valence-electron chi connectivity index (χ0n) is 11.4. The van der Waals surface area contributed by atoms with E-state index < -0.39 is 0 Å². The third-order valence-corrected chi connectivity index (χ3v) is 4.25. The average Bonchev–Trinajstić information content (AvgIpc) is 2.84. The molecule has 4 heteroatoms. The first-order chi connectivity index (χ1) is 9.15. The Morgan fingerprint density at radius 3 is 2.68 bits per heavy atom. The van der Waals surface area contributed by atoms with Crippen LogP contribution in [0.1, 0.15) is 21.4 Å². The third-order valence-electron chi connectivity index (χ3n) is 3.14. The number of methoxy groups -OCH3 is 1. The molecule has 1 unspecified atom stereocenters. The molecule has 1 N–H and O–H groups in total. The highest BCUT2D eigenvalue weighted by Crippen LogP contribution is 2.28. The summed E-state index contributed by atoms with van der Waals surface area (Å²) in [5, 5.41) is 3.25. The molecule has 0 spiro atoms. The van der Waals surface area contributed by atoms with Gasteiger partial charge in [-0.3, -0.25) is 0 Å². The van der Waals surface area contributed by atoms with Crippen LogP contribution in [0.5, 0.6) is 5.75 Å². The van der Waals surface area contributed by atoms with E-state index in [1.807, 2.05) is 19.2 Å². The Kier molecular flexibility index (Phi) is 4.56. The molecule has 102 valence electrons.